The van der Waals surface area contributed by atoms with Crippen molar-refractivity contribution in [1.29, 1.82) is 5.26 Å². The van der Waals surface area contributed by atoms with Gasteiger partial charge in [-0.15, -0.1) is 0 Å². The second kappa shape index (κ2) is 5.70. The van der Waals surface area contributed by atoms with Crippen molar-refractivity contribution in [3.05, 3.63) is 76.8 Å². The molecule has 2 N–H and O–H groups in total. The van der Waals surface area contributed by atoms with Crippen LogP contribution in [0.2, 0.25) is 0 Å². The molecule has 0 spiro atoms. The Morgan fingerprint density at radius 2 is 1.64 bits per heavy atom. The summed E-state index contributed by atoms with van der Waals surface area (Å²) in [4.78, 5) is 5.52. The largest absolute Gasteiger partial charge is 0.386 e. The summed E-state index contributed by atoms with van der Waals surface area (Å²) in [6, 6.07) is 22.0. The number of nitrogens with two attached hydrogens (primary N) is 1. The SMILES string of the molecule is CC1(c2ccccc2)C(N)=NC(Sc2ccccc2)=C1C#N. The zero-order chi connectivity index (χ0) is 15.6. The standard InChI is InChI=1S/C18H15N3S/c1-18(13-8-4-2-5-9-13)15(12-19)16(21-17(18)20)22-14-10-6-3-7-11-14/h2-11H,1H3,(H2,20,21). The molecule has 0 fully saturated rings. The molecule has 0 aromatic heterocycles. The highest BCUT2D eigenvalue weighted by Gasteiger charge is 2.42. The zero-order valence-electron chi connectivity index (χ0n) is 12.2. The van der Waals surface area contributed by atoms with E-state index in [9.17, 15) is 5.26 Å². The van der Waals surface area contributed by atoms with Crippen molar-refractivity contribution < 1.29 is 0 Å². The van der Waals surface area contributed by atoms with Gasteiger partial charge < -0.3 is 5.73 Å². The number of aliphatic imine (C=N–C) groups is 1. The lowest BCUT2D eigenvalue weighted by atomic mass is 9.77. The van der Waals surface area contributed by atoms with Gasteiger partial charge in [0, 0.05) is 4.90 Å². The first-order chi connectivity index (χ1) is 10.7. The van der Waals surface area contributed by atoms with Gasteiger partial charge in [0.15, 0.2) is 0 Å². The molecule has 0 radical (unpaired) electrons. The molecule has 1 unspecified atom stereocenters. The fourth-order valence-electron chi connectivity index (χ4n) is 2.52. The summed E-state index contributed by atoms with van der Waals surface area (Å²) in [5.41, 5.74) is 7.12. The van der Waals surface area contributed by atoms with Gasteiger partial charge >= 0.3 is 0 Å². The molecule has 2 aromatic rings. The number of amidine groups is 1. The Kier molecular flexibility index (Phi) is 3.74. The summed E-state index contributed by atoms with van der Waals surface area (Å²) in [7, 11) is 0. The summed E-state index contributed by atoms with van der Waals surface area (Å²) in [6.45, 7) is 1.96. The van der Waals surface area contributed by atoms with Crippen molar-refractivity contribution in [2.45, 2.75) is 17.2 Å². The molecular formula is C18H15N3S. The van der Waals surface area contributed by atoms with Crippen LogP contribution < -0.4 is 5.73 Å². The molecule has 4 heteroatoms. The molecular weight excluding hydrogens is 290 g/mol. The third-order valence-electron chi connectivity index (χ3n) is 3.87. The molecule has 1 aliphatic heterocycles. The summed E-state index contributed by atoms with van der Waals surface area (Å²) in [6.07, 6.45) is 0. The molecule has 1 aliphatic rings. The van der Waals surface area contributed by atoms with Crippen LogP contribution in [0.3, 0.4) is 0 Å². The molecule has 1 heterocycles. The molecule has 3 rings (SSSR count). The van der Waals surface area contributed by atoms with E-state index in [-0.39, 0.29) is 0 Å². The minimum atomic E-state index is -0.660. The van der Waals surface area contributed by atoms with Crippen molar-refractivity contribution in [3.8, 4) is 6.07 Å². The third kappa shape index (κ3) is 2.30. The molecule has 108 valence electrons. The van der Waals surface area contributed by atoms with Gasteiger partial charge in [0.05, 0.1) is 17.1 Å². The Hall–Kier alpha value is -2.51. The fraction of sp³-hybridized carbons (Fsp3) is 0.111. The smallest absolute Gasteiger partial charge is 0.118 e. The van der Waals surface area contributed by atoms with E-state index in [1.165, 1.54) is 11.8 Å². The second-order valence-electron chi connectivity index (χ2n) is 5.20. The monoisotopic (exact) mass is 305 g/mol. The van der Waals surface area contributed by atoms with E-state index in [0.717, 1.165) is 10.5 Å². The lowest BCUT2D eigenvalue weighted by Gasteiger charge is -2.25. The van der Waals surface area contributed by atoms with Crippen LogP contribution in [0.4, 0.5) is 0 Å². The van der Waals surface area contributed by atoms with Crippen LogP contribution in [0.1, 0.15) is 12.5 Å². The molecule has 22 heavy (non-hydrogen) atoms. The maximum atomic E-state index is 9.68. The number of thioether (sulfide) groups is 1. The zero-order valence-corrected chi connectivity index (χ0v) is 13.0. The second-order valence-corrected chi connectivity index (χ2v) is 6.26. The Balaban J connectivity index is 2.07. The highest BCUT2D eigenvalue weighted by molar-refractivity contribution is 8.03. The van der Waals surface area contributed by atoms with Gasteiger partial charge in [-0.25, -0.2) is 4.99 Å². The Morgan fingerprint density at radius 3 is 2.23 bits per heavy atom. The average molecular weight is 305 g/mol. The Morgan fingerprint density at radius 1 is 1.05 bits per heavy atom. The summed E-state index contributed by atoms with van der Waals surface area (Å²) in [5.74, 6) is 0.466. The molecule has 0 saturated carbocycles. The van der Waals surface area contributed by atoms with Crippen LogP contribution in [0.15, 0.2) is 81.2 Å². The number of benzene rings is 2. The number of nitriles is 1. The fourth-order valence-corrected chi connectivity index (χ4v) is 3.53. The van der Waals surface area contributed by atoms with Crippen molar-refractivity contribution in [2.75, 3.05) is 0 Å². The number of rotatable bonds is 3. The average Bonchev–Trinajstić information content (AvgIpc) is 2.80. The quantitative estimate of drug-likeness (QED) is 0.937. The number of hydrogen-bond acceptors (Lipinski definition) is 4. The summed E-state index contributed by atoms with van der Waals surface area (Å²) >= 11 is 1.47. The van der Waals surface area contributed by atoms with Gasteiger partial charge in [-0.2, -0.15) is 5.26 Å². The van der Waals surface area contributed by atoms with Crippen LogP contribution >= 0.6 is 11.8 Å². The minimum Gasteiger partial charge on any atom is -0.386 e. The third-order valence-corrected chi connectivity index (χ3v) is 4.87. The molecule has 0 saturated heterocycles. The molecule has 2 aromatic carbocycles. The van der Waals surface area contributed by atoms with Gasteiger partial charge in [0.2, 0.25) is 0 Å². The lowest BCUT2D eigenvalue weighted by molar-refractivity contribution is 0.782. The maximum absolute atomic E-state index is 9.68. The maximum Gasteiger partial charge on any atom is 0.118 e. The van der Waals surface area contributed by atoms with Crippen LogP contribution in [0.5, 0.6) is 0 Å². The van der Waals surface area contributed by atoms with Crippen molar-refractivity contribution in [2.24, 2.45) is 10.7 Å². The molecule has 0 bridgehead atoms. The van der Waals surface area contributed by atoms with E-state index in [1.807, 2.05) is 67.6 Å². The summed E-state index contributed by atoms with van der Waals surface area (Å²) < 4.78 is 0. The molecule has 3 nitrogen and oxygen atoms in total. The van der Waals surface area contributed by atoms with Gasteiger partial charge in [-0.05, 0) is 24.6 Å². The van der Waals surface area contributed by atoms with E-state index < -0.39 is 5.41 Å². The predicted octanol–water partition coefficient (Wildman–Crippen LogP) is 3.84. The first-order valence-corrected chi connectivity index (χ1v) is 7.76. The van der Waals surface area contributed by atoms with E-state index in [1.54, 1.807) is 0 Å². The van der Waals surface area contributed by atoms with Gasteiger partial charge in [0.25, 0.3) is 0 Å². The molecule has 1 atom stereocenters. The van der Waals surface area contributed by atoms with Gasteiger partial charge in [-0.1, -0.05) is 60.3 Å². The molecule has 0 aliphatic carbocycles. The Bertz CT molecular complexity index is 788. The lowest BCUT2D eigenvalue weighted by Crippen LogP contribution is -2.37. The van der Waals surface area contributed by atoms with Crippen LogP contribution in [-0.2, 0) is 5.41 Å². The van der Waals surface area contributed by atoms with E-state index in [2.05, 4.69) is 11.1 Å². The van der Waals surface area contributed by atoms with Crippen LogP contribution in [-0.4, -0.2) is 5.84 Å². The first kappa shape index (κ1) is 14.4. The van der Waals surface area contributed by atoms with Crippen LogP contribution in [0.25, 0.3) is 0 Å². The highest BCUT2D eigenvalue weighted by Crippen LogP contribution is 2.44. The van der Waals surface area contributed by atoms with Crippen molar-refractivity contribution in [3.63, 3.8) is 0 Å². The van der Waals surface area contributed by atoms with E-state index in [4.69, 9.17) is 5.73 Å². The first-order valence-electron chi connectivity index (χ1n) is 6.94. The van der Waals surface area contributed by atoms with Crippen molar-refractivity contribution >= 4 is 17.6 Å². The Labute approximate surface area is 134 Å². The van der Waals surface area contributed by atoms with E-state index >= 15 is 0 Å². The number of hydrogen-bond donors (Lipinski definition) is 1. The van der Waals surface area contributed by atoms with Gasteiger partial charge in [0.1, 0.15) is 10.9 Å². The highest BCUT2D eigenvalue weighted by atomic mass is 32.2. The minimum absolute atomic E-state index is 0.466. The number of nitrogens with zero attached hydrogens (tertiary/aromatic N) is 2. The topological polar surface area (TPSA) is 62.2 Å². The summed E-state index contributed by atoms with van der Waals surface area (Å²) in [5, 5.41) is 10.4. The van der Waals surface area contributed by atoms with Crippen molar-refractivity contribution in [1.82, 2.24) is 0 Å². The molecule has 0 amide bonds. The van der Waals surface area contributed by atoms with E-state index in [0.29, 0.717) is 16.4 Å². The predicted molar refractivity (Wildman–Crippen MR) is 90.4 cm³/mol. The normalized spacial score (nSPS) is 20.6. The van der Waals surface area contributed by atoms with Gasteiger partial charge in [-0.3, -0.25) is 0 Å². The van der Waals surface area contributed by atoms with Crippen LogP contribution in [0, 0.1) is 11.3 Å².